The molecule has 1 aromatic carbocycles. The SMILES string of the molecule is CCCC(C)Oc1ccc(CCN)cc1Cl. The maximum absolute atomic E-state index is 6.14. The normalized spacial score (nSPS) is 12.5. The van der Waals surface area contributed by atoms with Crippen molar-refractivity contribution in [2.75, 3.05) is 6.54 Å². The van der Waals surface area contributed by atoms with E-state index in [0.29, 0.717) is 11.6 Å². The Morgan fingerprint density at radius 1 is 1.44 bits per heavy atom. The fourth-order valence-electron chi connectivity index (χ4n) is 1.64. The van der Waals surface area contributed by atoms with Gasteiger partial charge in [0.2, 0.25) is 0 Å². The third-order valence-corrected chi connectivity index (χ3v) is 2.75. The number of nitrogens with two attached hydrogens (primary N) is 1. The van der Waals surface area contributed by atoms with Crippen LogP contribution in [-0.4, -0.2) is 12.6 Å². The Morgan fingerprint density at radius 2 is 2.19 bits per heavy atom. The molecule has 0 saturated carbocycles. The zero-order valence-electron chi connectivity index (χ0n) is 10.0. The molecule has 0 aliphatic heterocycles. The molecule has 16 heavy (non-hydrogen) atoms. The molecule has 2 nitrogen and oxygen atoms in total. The monoisotopic (exact) mass is 241 g/mol. The van der Waals surface area contributed by atoms with E-state index in [1.54, 1.807) is 0 Å². The number of hydrogen-bond donors (Lipinski definition) is 1. The summed E-state index contributed by atoms with van der Waals surface area (Å²) in [5.41, 5.74) is 6.65. The van der Waals surface area contributed by atoms with E-state index in [0.717, 1.165) is 30.6 Å². The Morgan fingerprint density at radius 3 is 2.75 bits per heavy atom. The second-order valence-corrected chi connectivity index (χ2v) is 4.43. The first kappa shape index (κ1) is 13.3. The fourth-order valence-corrected chi connectivity index (χ4v) is 1.89. The lowest BCUT2D eigenvalue weighted by atomic mass is 10.1. The highest BCUT2D eigenvalue weighted by molar-refractivity contribution is 6.32. The van der Waals surface area contributed by atoms with Gasteiger partial charge in [-0.1, -0.05) is 31.0 Å². The van der Waals surface area contributed by atoms with Crippen LogP contribution in [0.4, 0.5) is 0 Å². The van der Waals surface area contributed by atoms with E-state index in [2.05, 4.69) is 13.8 Å². The summed E-state index contributed by atoms with van der Waals surface area (Å²) in [5.74, 6) is 0.767. The van der Waals surface area contributed by atoms with Gasteiger partial charge < -0.3 is 10.5 Å². The van der Waals surface area contributed by atoms with Crippen molar-refractivity contribution in [3.8, 4) is 5.75 Å². The minimum atomic E-state index is 0.211. The molecule has 0 spiro atoms. The molecule has 0 bridgehead atoms. The minimum Gasteiger partial charge on any atom is -0.489 e. The summed E-state index contributed by atoms with van der Waals surface area (Å²) in [6, 6.07) is 5.88. The van der Waals surface area contributed by atoms with Gasteiger partial charge in [-0.05, 0) is 44.0 Å². The molecule has 0 aliphatic rings. The Labute approximate surface area is 103 Å². The lowest BCUT2D eigenvalue weighted by Gasteiger charge is -2.15. The second-order valence-electron chi connectivity index (χ2n) is 4.02. The first-order chi connectivity index (χ1) is 7.67. The van der Waals surface area contributed by atoms with Crippen molar-refractivity contribution in [2.45, 2.75) is 39.2 Å². The highest BCUT2D eigenvalue weighted by atomic mass is 35.5. The Hall–Kier alpha value is -0.730. The standard InChI is InChI=1S/C13H20ClNO/c1-3-4-10(2)16-13-6-5-11(7-8-15)9-12(13)14/h5-6,9-10H,3-4,7-8,15H2,1-2H3. The van der Waals surface area contributed by atoms with Crippen molar-refractivity contribution in [1.29, 1.82) is 0 Å². The number of hydrogen-bond acceptors (Lipinski definition) is 2. The molecule has 0 aliphatic carbocycles. The molecule has 1 rings (SSSR count). The molecule has 1 atom stereocenters. The topological polar surface area (TPSA) is 35.2 Å². The number of ether oxygens (including phenoxy) is 1. The predicted octanol–water partition coefficient (Wildman–Crippen LogP) is 3.41. The van der Waals surface area contributed by atoms with E-state index in [9.17, 15) is 0 Å². The van der Waals surface area contributed by atoms with Gasteiger partial charge in [-0.2, -0.15) is 0 Å². The summed E-state index contributed by atoms with van der Waals surface area (Å²) in [6.45, 7) is 4.85. The van der Waals surface area contributed by atoms with Gasteiger partial charge >= 0.3 is 0 Å². The summed E-state index contributed by atoms with van der Waals surface area (Å²) in [7, 11) is 0. The average molecular weight is 242 g/mol. The molecule has 2 N–H and O–H groups in total. The maximum Gasteiger partial charge on any atom is 0.138 e. The maximum atomic E-state index is 6.14. The Bertz CT molecular complexity index is 328. The molecule has 0 saturated heterocycles. The number of halogens is 1. The highest BCUT2D eigenvalue weighted by Crippen LogP contribution is 2.27. The highest BCUT2D eigenvalue weighted by Gasteiger charge is 2.07. The number of rotatable bonds is 6. The van der Waals surface area contributed by atoms with Gasteiger partial charge in [0, 0.05) is 0 Å². The second kappa shape index (κ2) is 6.77. The first-order valence-electron chi connectivity index (χ1n) is 5.82. The van der Waals surface area contributed by atoms with E-state index in [1.807, 2.05) is 18.2 Å². The van der Waals surface area contributed by atoms with E-state index < -0.39 is 0 Å². The van der Waals surface area contributed by atoms with Gasteiger partial charge in [0.05, 0.1) is 11.1 Å². The Kier molecular flexibility index (Phi) is 5.64. The molecule has 1 unspecified atom stereocenters. The zero-order valence-corrected chi connectivity index (χ0v) is 10.8. The molecular formula is C13H20ClNO. The van der Waals surface area contributed by atoms with Crippen LogP contribution in [0.3, 0.4) is 0 Å². The lowest BCUT2D eigenvalue weighted by Crippen LogP contribution is -2.11. The summed E-state index contributed by atoms with van der Waals surface area (Å²) >= 11 is 6.14. The molecular weight excluding hydrogens is 222 g/mol. The van der Waals surface area contributed by atoms with Crippen LogP contribution in [0, 0.1) is 0 Å². The molecule has 0 radical (unpaired) electrons. The fraction of sp³-hybridized carbons (Fsp3) is 0.538. The molecule has 0 aromatic heterocycles. The smallest absolute Gasteiger partial charge is 0.138 e. The first-order valence-corrected chi connectivity index (χ1v) is 6.20. The Balaban J connectivity index is 2.67. The van der Waals surface area contributed by atoms with Gasteiger partial charge in [0.25, 0.3) is 0 Å². The summed E-state index contributed by atoms with van der Waals surface area (Å²) in [5, 5.41) is 0.675. The summed E-state index contributed by atoms with van der Waals surface area (Å²) in [6.07, 6.45) is 3.22. The van der Waals surface area contributed by atoms with Crippen molar-refractivity contribution in [3.05, 3.63) is 28.8 Å². The summed E-state index contributed by atoms with van der Waals surface area (Å²) in [4.78, 5) is 0. The quantitative estimate of drug-likeness (QED) is 0.829. The largest absolute Gasteiger partial charge is 0.489 e. The van der Waals surface area contributed by atoms with Crippen molar-refractivity contribution >= 4 is 11.6 Å². The van der Waals surface area contributed by atoms with E-state index >= 15 is 0 Å². The van der Waals surface area contributed by atoms with Crippen LogP contribution in [-0.2, 0) is 6.42 Å². The van der Waals surface area contributed by atoms with Gasteiger partial charge in [-0.15, -0.1) is 0 Å². The van der Waals surface area contributed by atoms with Crippen LogP contribution in [0.15, 0.2) is 18.2 Å². The van der Waals surface area contributed by atoms with E-state index in [-0.39, 0.29) is 6.10 Å². The van der Waals surface area contributed by atoms with Crippen molar-refractivity contribution in [1.82, 2.24) is 0 Å². The van der Waals surface area contributed by atoms with E-state index in [1.165, 1.54) is 0 Å². The third kappa shape index (κ3) is 4.03. The lowest BCUT2D eigenvalue weighted by molar-refractivity contribution is 0.210. The van der Waals surface area contributed by atoms with E-state index in [4.69, 9.17) is 22.1 Å². The van der Waals surface area contributed by atoms with Gasteiger partial charge in [0.15, 0.2) is 0 Å². The molecule has 3 heteroatoms. The number of benzene rings is 1. The predicted molar refractivity (Wildman–Crippen MR) is 69.2 cm³/mol. The molecule has 0 fully saturated rings. The van der Waals surface area contributed by atoms with Crippen LogP contribution >= 0.6 is 11.6 Å². The molecule has 0 amide bonds. The summed E-state index contributed by atoms with van der Waals surface area (Å²) < 4.78 is 5.76. The minimum absolute atomic E-state index is 0.211. The molecule has 90 valence electrons. The third-order valence-electron chi connectivity index (χ3n) is 2.45. The van der Waals surface area contributed by atoms with Crippen LogP contribution in [0.1, 0.15) is 32.3 Å². The van der Waals surface area contributed by atoms with Crippen molar-refractivity contribution in [2.24, 2.45) is 5.73 Å². The van der Waals surface area contributed by atoms with Crippen molar-refractivity contribution in [3.63, 3.8) is 0 Å². The van der Waals surface area contributed by atoms with Crippen LogP contribution in [0.2, 0.25) is 5.02 Å². The zero-order chi connectivity index (χ0) is 12.0. The molecule has 0 heterocycles. The van der Waals surface area contributed by atoms with Crippen LogP contribution in [0.5, 0.6) is 5.75 Å². The van der Waals surface area contributed by atoms with Gasteiger partial charge in [0.1, 0.15) is 5.75 Å². The van der Waals surface area contributed by atoms with Gasteiger partial charge in [-0.25, -0.2) is 0 Å². The van der Waals surface area contributed by atoms with Crippen molar-refractivity contribution < 1.29 is 4.74 Å². The van der Waals surface area contributed by atoms with Crippen LogP contribution in [0.25, 0.3) is 0 Å². The van der Waals surface area contributed by atoms with Gasteiger partial charge in [-0.3, -0.25) is 0 Å². The van der Waals surface area contributed by atoms with Crippen LogP contribution < -0.4 is 10.5 Å². The molecule has 1 aromatic rings. The average Bonchev–Trinajstić information content (AvgIpc) is 2.23.